The van der Waals surface area contributed by atoms with Crippen LogP contribution in [0, 0.1) is 5.92 Å². The van der Waals surface area contributed by atoms with E-state index >= 15 is 0 Å². The van der Waals surface area contributed by atoms with E-state index in [9.17, 15) is 4.79 Å². The zero-order valence-electron chi connectivity index (χ0n) is 17.5. The standard InChI is InChI=1S/C26H27N3O/c1-19(2)18-27-26(30)25(21-13-7-4-8-14-21)29-23-16-10-9-15-22(23)28-24(29)17-20-11-5-3-6-12-20/h3-16,19,25H,17-18H2,1-2H3,(H,27,30). The van der Waals surface area contributed by atoms with Gasteiger partial charge in [0.1, 0.15) is 11.9 Å². The third-order valence-electron chi connectivity index (χ3n) is 5.18. The lowest BCUT2D eigenvalue weighted by atomic mass is 10.0. The lowest BCUT2D eigenvalue weighted by Gasteiger charge is -2.22. The first-order valence-corrected chi connectivity index (χ1v) is 10.5. The topological polar surface area (TPSA) is 46.9 Å². The van der Waals surface area contributed by atoms with Gasteiger partial charge in [-0.05, 0) is 29.2 Å². The van der Waals surface area contributed by atoms with E-state index in [1.165, 1.54) is 5.56 Å². The maximum Gasteiger partial charge on any atom is 0.247 e. The van der Waals surface area contributed by atoms with Crippen molar-refractivity contribution >= 4 is 16.9 Å². The second-order valence-electron chi connectivity index (χ2n) is 8.00. The molecule has 0 fully saturated rings. The molecule has 4 nitrogen and oxygen atoms in total. The summed E-state index contributed by atoms with van der Waals surface area (Å²) in [6.45, 7) is 4.85. The highest BCUT2D eigenvalue weighted by atomic mass is 16.2. The van der Waals surface area contributed by atoms with Crippen LogP contribution in [0.4, 0.5) is 0 Å². The fourth-order valence-electron chi connectivity index (χ4n) is 3.74. The van der Waals surface area contributed by atoms with E-state index in [4.69, 9.17) is 4.98 Å². The molecule has 152 valence electrons. The molecule has 0 aliphatic carbocycles. The number of para-hydroxylation sites is 2. The van der Waals surface area contributed by atoms with E-state index in [0.717, 1.165) is 22.4 Å². The van der Waals surface area contributed by atoms with Crippen molar-refractivity contribution in [1.29, 1.82) is 0 Å². The molecule has 3 aromatic carbocycles. The highest BCUT2D eigenvalue weighted by molar-refractivity contribution is 5.87. The zero-order chi connectivity index (χ0) is 20.9. The minimum absolute atomic E-state index is 0.00707. The van der Waals surface area contributed by atoms with Gasteiger partial charge in [-0.15, -0.1) is 0 Å². The average Bonchev–Trinajstić information content (AvgIpc) is 3.12. The maximum atomic E-state index is 13.4. The van der Waals surface area contributed by atoms with Gasteiger partial charge < -0.3 is 9.88 Å². The normalized spacial score (nSPS) is 12.2. The summed E-state index contributed by atoms with van der Waals surface area (Å²) in [5.74, 6) is 1.26. The number of nitrogens with zero attached hydrogens (tertiary/aromatic N) is 2. The molecular weight excluding hydrogens is 370 g/mol. The first-order chi connectivity index (χ1) is 14.6. The Morgan fingerprint density at radius 2 is 1.53 bits per heavy atom. The number of benzene rings is 3. The SMILES string of the molecule is CC(C)CNC(=O)C(c1ccccc1)n1c(Cc2ccccc2)nc2ccccc21. The Kier molecular flexibility index (Phi) is 5.94. The number of nitrogens with one attached hydrogen (secondary N) is 1. The number of fused-ring (bicyclic) bond motifs is 1. The van der Waals surface area contributed by atoms with Gasteiger partial charge in [0, 0.05) is 13.0 Å². The third kappa shape index (κ3) is 4.28. The van der Waals surface area contributed by atoms with Gasteiger partial charge in [0.15, 0.2) is 0 Å². The van der Waals surface area contributed by atoms with E-state index in [0.29, 0.717) is 18.9 Å². The Hall–Kier alpha value is -3.40. The third-order valence-corrected chi connectivity index (χ3v) is 5.18. The summed E-state index contributed by atoms with van der Waals surface area (Å²) in [5.41, 5.74) is 4.00. The van der Waals surface area contributed by atoms with Gasteiger partial charge >= 0.3 is 0 Å². The van der Waals surface area contributed by atoms with Crippen molar-refractivity contribution in [1.82, 2.24) is 14.9 Å². The fourth-order valence-corrected chi connectivity index (χ4v) is 3.74. The number of amides is 1. The molecule has 30 heavy (non-hydrogen) atoms. The van der Waals surface area contributed by atoms with E-state index in [-0.39, 0.29) is 5.91 Å². The summed E-state index contributed by atoms with van der Waals surface area (Å²) in [4.78, 5) is 18.4. The van der Waals surface area contributed by atoms with Gasteiger partial charge in [0.05, 0.1) is 11.0 Å². The van der Waals surface area contributed by atoms with Crippen molar-refractivity contribution in [3.63, 3.8) is 0 Å². The van der Waals surface area contributed by atoms with Crippen LogP contribution in [0.15, 0.2) is 84.9 Å². The molecule has 0 bridgehead atoms. The molecule has 4 heteroatoms. The monoisotopic (exact) mass is 397 g/mol. The Balaban J connectivity index is 1.85. The van der Waals surface area contributed by atoms with E-state index in [1.807, 2.05) is 72.8 Å². The van der Waals surface area contributed by atoms with E-state index < -0.39 is 6.04 Å². The summed E-state index contributed by atoms with van der Waals surface area (Å²) < 4.78 is 2.10. The Bertz CT molecular complexity index is 1120. The molecule has 4 aromatic rings. The van der Waals surface area contributed by atoms with Crippen LogP contribution in [0.25, 0.3) is 11.0 Å². The minimum atomic E-state index is -0.476. The van der Waals surface area contributed by atoms with Crippen LogP contribution in [0.5, 0.6) is 0 Å². The number of rotatable bonds is 7. The molecule has 0 saturated heterocycles. The van der Waals surface area contributed by atoms with Crippen LogP contribution >= 0.6 is 0 Å². The van der Waals surface area contributed by atoms with Crippen LogP contribution in [-0.4, -0.2) is 22.0 Å². The molecule has 1 amide bonds. The van der Waals surface area contributed by atoms with E-state index in [1.54, 1.807) is 0 Å². The molecule has 0 saturated carbocycles. The lowest BCUT2D eigenvalue weighted by molar-refractivity contribution is -0.123. The van der Waals surface area contributed by atoms with Crippen molar-refractivity contribution in [3.8, 4) is 0 Å². The number of hydrogen-bond donors (Lipinski definition) is 1. The van der Waals surface area contributed by atoms with Gasteiger partial charge in [-0.2, -0.15) is 0 Å². The molecule has 1 unspecified atom stereocenters. The Morgan fingerprint density at radius 1 is 0.900 bits per heavy atom. The van der Waals surface area contributed by atoms with Gasteiger partial charge in [-0.25, -0.2) is 4.98 Å². The first-order valence-electron chi connectivity index (χ1n) is 10.5. The van der Waals surface area contributed by atoms with Crippen LogP contribution in [-0.2, 0) is 11.2 Å². The van der Waals surface area contributed by atoms with Crippen LogP contribution in [0.3, 0.4) is 0 Å². The number of carbonyl (C=O) groups is 1. The van der Waals surface area contributed by atoms with Crippen molar-refractivity contribution in [2.75, 3.05) is 6.54 Å². The molecule has 0 aliphatic rings. The number of hydrogen-bond acceptors (Lipinski definition) is 2. The van der Waals surface area contributed by atoms with Crippen molar-refractivity contribution in [2.45, 2.75) is 26.3 Å². The highest BCUT2D eigenvalue weighted by Crippen LogP contribution is 2.28. The van der Waals surface area contributed by atoms with Gasteiger partial charge in [0.25, 0.3) is 0 Å². The summed E-state index contributed by atoms with van der Waals surface area (Å²) in [5, 5.41) is 3.14. The highest BCUT2D eigenvalue weighted by Gasteiger charge is 2.27. The lowest BCUT2D eigenvalue weighted by Crippen LogP contribution is -2.36. The smallest absolute Gasteiger partial charge is 0.247 e. The molecule has 1 N–H and O–H groups in total. The molecule has 1 aromatic heterocycles. The largest absolute Gasteiger partial charge is 0.354 e. The summed E-state index contributed by atoms with van der Waals surface area (Å²) in [6.07, 6.45) is 0.663. The predicted molar refractivity (Wildman–Crippen MR) is 121 cm³/mol. The number of aromatic nitrogens is 2. The van der Waals surface area contributed by atoms with Gasteiger partial charge in [0.2, 0.25) is 5.91 Å². The summed E-state index contributed by atoms with van der Waals surface area (Å²) in [6, 6.07) is 27.8. The molecule has 1 heterocycles. The number of imidazole rings is 1. The van der Waals surface area contributed by atoms with Gasteiger partial charge in [-0.1, -0.05) is 86.6 Å². The van der Waals surface area contributed by atoms with Crippen LogP contribution < -0.4 is 5.32 Å². The zero-order valence-corrected chi connectivity index (χ0v) is 17.5. The van der Waals surface area contributed by atoms with E-state index in [2.05, 4.69) is 35.9 Å². The summed E-state index contributed by atoms with van der Waals surface area (Å²) >= 11 is 0. The first kappa shape index (κ1) is 19.9. The molecule has 4 rings (SSSR count). The second kappa shape index (κ2) is 8.95. The van der Waals surface area contributed by atoms with Gasteiger partial charge in [-0.3, -0.25) is 4.79 Å². The molecule has 1 atom stereocenters. The summed E-state index contributed by atoms with van der Waals surface area (Å²) in [7, 11) is 0. The Labute approximate surface area is 177 Å². The fraction of sp³-hybridized carbons (Fsp3) is 0.231. The molecule has 0 aliphatic heterocycles. The van der Waals surface area contributed by atoms with Crippen LogP contribution in [0.1, 0.15) is 36.8 Å². The molecule has 0 radical (unpaired) electrons. The predicted octanol–water partition coefficient (Wildman–Crippen LogP) is 4.99. The average molecular weight is 398 g/mol. The second-order valence-corrected chi connectivity index (χ2v) is 8.00. The van der Waals surface area contributed by atoms with Crippen LogP contribution in [0.2, 0.25) is 0 Å². The number of carbonyl (C=O) groups excluding carboxylic acids is 1. The maximum absolute atomic E-state index is 13.4. The van der Waals surface area contributed by atoms with Crippen molar-refractivity contribution in [3.05, 3.63) is 102 Å². The Morgan fingerprint density at radius 3 is 2.23 bits per heavy atom. The van der Waals surface area contributed by atoms with Crippen molar-refractivity contribution < 1.29 is 4.79 Å². The minimum Gasteiger partial charge on any atom is -0.354 e. The molecular formula is C26H27N3O. The van der Waals surface area contributed by atoms with Crippen molar-refractivity contribution in [2.24, 2.45) is 5.92 Å². The quantitative estimate of drug-likeness (QED) is 0.478. The molecule has 0 spiro atoms.